The molecule has 1 aliphatic rings. The topological polar surface area (TPSA) is 61.4 Å². The van der Waals surface area contributed by atoms with Gasteiger partial charge in [0.05, 0.1) is 0 Å². The molecule has 1 aliphatic carbocycles. The van der Waals surface area contributed by atoms with Gasteiger partial charge in [0.1, 0.15) is 6.10 Å². The first-order valence-electron chi connectivity index (χ1n) is 5.06. The van der Waals surface area contributed by atoms with E-state index in [-0.39, 0.29) is 18.9 Å². The summed E-state index contributed by atoms with van der Waals surface area (Å²) in [6.45, 7) is 0.168. The molecular weight excluding hydrogens is 206 g/mol. The molecule has 0 aliphatic heterocycles. The zero-order valence-electron chi connectivity index (χ0n) is 8.38. The number of hydrogen-bond donors (Lipinski definition) is 3. The molecular formula is C9H16F2N2O2. The van der Waals surface area contributed by atoms with Crippen LogP contribution >= 0.6 is 0 Å². The van der Waals surface area contributed by atoms with Crippen molar-refractivity contribution in [2.75, 3.05) is 13.1 Å². The van der Waals surface area contributed by atoms with E-state index in [1.54, 1.807) is 0 Å². The van der Waals surface area contributed by atoms with Gasteiger partial charge in [-0.3, -0.25) is 4.79 Å². The van der Waals surface area contributed by atoms with Gasteiger partial charge in [0.2, 0.25) is 5.91 Å². The molecule has 0 spiro atoms. The normalized spacial score (nSPS) is 17.9. The summed E-state index contributed by atoms with van der Waals surface area (Å²) in [6.07, 6.45) is -2.04. The standard InChI is InChI=1S/C9H16F2N2O2/c10-9(11)7(14)5-13-8(15)3-4-12-6-1-2-6/h6-7,9,12,14H,1-5H2,(H,13,15). The summed E-state index contributed by atoms with van der Waals surface area (Å²) in [6, 6.07) is 0.532. The minimum Gasteiger partial charge on any atom is -0.385 e. The molecule has 0 heterocycles. The van der Waals surface area contributed by atoms with Crippen molar-refractivity contribution in [3.63, 3.8) is 0 Å². The summed E-state index contributed by atoms with van der Waals surface area (Å²) in [5, 5.41) is 14.1. The van der Waals surface area contributed by atoms with E-state index in [0.717, 1.165) is 12.8 Å². The highest BCUT2D eigenvalue weighted by Crippen LogP contribution is 2.18. The molecule has 0 aromatic heterocycles. The van der Waals surface area contributed by atoms with E-state index in [1.165, 1.54) is 0 Å². The summed E-state index contributed by atoms with van der Waals surface area (Å²) in [5.74, 6) is -0.317. The van der Waals surface area contributed by atoms with E-state index >= 15 is 0 Å². The number of nitrogens with one attached hydrogen (secondary N) is 2. The number of aliphatic hydroxyl groups is 1. The largest absolute Gasteiger partial charge is 0.385 e. The van der Waals surface area contributed by atoms with E-state index in [4.69, 9.17) is 5.11 Å². The minimum atomic E-state index is -2.81. The third-order valence-electron chi connectivity index (χ3n) is 2.16. The fourth-order valence-corrected chi connectivity index (χ4v) is 1.07. The van der Waals surface area contributed by atoms with Crippen LogP contribution in [0.3, 0.4) is 0 Å². The lowest BCUT2D eigenvalue weighted by atomic mass is 10.3. The molecule has 4 nitrogen and oxygen atoms in total. The van der Waals surface area contributed by atoms with Gasteiger partial charge in [-0.05, 0) is 12.8 Å². The van der Waals surface area contributed by atoms with Crippen molar-refractivity contribution in [1.82, 2.24) is 10.6 Å². The number of carbonyl (C=O) groups excluding carboxylic acids is 1. The van der Waals surface area contributed by atoms with Gasteiger partial charge in [0.15, 0.2) is 0 Å². The Hall–Kier alpha value is -0.750. The number of amides is 1. The van der Waals surface area contributed by atoms with Crippen LogP contribution in [0.2, 0.25) is 0 Å². The van der Waals surface area contributed by atoms with Crippen molar-refractivity contribution in [3.05, 3.63) is 0 Å². The maximum absolute atomic E-state index is 11.8. The van der Waals surface area contributed by atoms with E-state index in [2.05, 4.69) is 10.6 Å². The Balaban J connectivity index is 1.96. The van der Waals surface area contributed by atoms with Crippen LogP contribution in [0.15, 0.2) is 0 Å². The number of hydrogen-bond acceptors (Lipinski definition) is 3. The molecule has 0 saturated heterocycles. The Bertz CT molecular complexity index is 210. The number of alkyl halides is 2. The van der Waals surface area contributed by atoms with E-state index in [0.29, 0.717) is 12.6 Å². The molecule has 0 aromatic rings. The van der Waals surface area contributed by atoms with Gasteiger partial charge in [-0.1, -0.05) is 0 Å². The van der Waals surface area contributed by atoms with Gasteiger partial charge >= 0.3 is 0 Å². The van der Waals surface area contributed by atoms with Gasteiger partial charge in [-0.15, -0.1) is 0 Å². The number of rotatable bonds is 7. The Kier molecular flexibility index (Phi) is 4.90. The second kappa shape index (κ2) is 5.97. The van der Waals surface area contributed by atoms with Crippen LogP contribution in [0.25, 0.3) is 0 Å². The summed E-state index contributed by atoms with van der Waals surface area (Å²) < 4.78 is 23.7. The van der Waals surface area contributed by atoms with Crippen molar-refractivity contribution in [3.8, 4) is 0 Å². The van der Waals surface area contributed by atoms with E-state index < -0.39 is 12.5 Å². The van der Waals surface area contributed by atoms with Gasteiger partial charge in [0.25, 0.3) is 6.43 Å². The Morgan fingerprint density at radius 2 is 2.13 bits per heavy atom. The van der Waals surface area contributed by atoms with Crippen molar-refractivity contribution >= 4 is 5.91 Å². The highest BCUT2D eigenvalue weighted by molar-refractivity contribution is 5.76. The monoisotopic (exact) mass is 222 g/mol. The fourth-order valence-electron chi connectivity index (χ4n) is 1.07. The zero-order chi connectivity index (χ0) is 11.3. The van der Waals surface area contributed by atoms with Gasteiger partial charge in [-0.2, -0.15) is 0 Å². The Labute approximate surface area is 87.0 Å². The van der Waals surface area contributed by atoms with Crippen molar-refractivity contribution < 1.29 is 18.7 Å². The average molecular weight is 222 g/mol. The van der Waals surface area contributed by atoms with Crippen LogP contribution in [0.5, 0.6) is 0 Å². The quantitative estimate of drug-likeness (QED) is 0.562. The van der Waals surface area contributed by atoms with Crippen LogP contribution in [0.4, 0.5) is 8.78 Å². The average Bonchev–Trinajstić information content (AvgIpc) is 2.97. The van der Waals surface area contributed by atoms with Gasteiger partial charge < -0.3 is 15.7 Å². The minimum absolute atomic E-state index is 0.256. The lowest BCUT2D eigenvalue weighted by Crippen LogP contribution is -2.37. The van der Waals surface area contributed by atoms with Gasteiger partial charge in [0, 0.05) is 25.6 Å². The van der Waals surface area contributed by atoms with Crippen LogP contribution in [-0.2, 0) is 4.79 Å². The summed E-state index contributed by atoms with van der Waals surface area (Å²) in [4.78, 5) is 11.1. The second-order valence-electron chi connectivity index (χ2n) is 3.68. The first-order valence-corrected chi connectivity index (χ1v) is 5.06. The van der Waals surface area contributed by atoms with E-state index in [1.807, 2.05) is 0 Å². The first kappa shape index (κ1) is 12.3. The van der Waals surface area contributed by atoms with Crippen LogP contribution < -0.4 is 10.6 Å². The first-order chi connectivity index (χ1) is 7.09. The summed E-state index contributed by atoms with van der Waals surface area (Å²) in [5.41, 5.74) is 0. The SMILES string of the molecule is O=C(CCNC1CC1)NCC(O)C(F)F. The molecule has 0 bridgehead atoms. The Morgan fingerprint density at radius 3 is 2.67 bits per heavy atom. The van der Waals surface area contributed by atoms with Crippen molar-refractivity contribution in [1.29, 1.82) is 0 Å². The molecule has 88 valence electrons. The maximum atomic E-state index is 11.8. The predicted molar refractivity (Wildman–Crippen MR) is 50.7 cm³/mol. The number of carbonyl (C=O) groups is 1. The molecule has 0 aromatic carbocycles. The molecule has 1 unspecified atom stereocenters. The third-order valence-corrected chi connectivity index (χ3v) is 2.16. The molecule has 1 amide bonds. The molecule has 6 heteroatoms. The molecule has 15 heavy (non-hydrogen) atoms. The smallest absolute Gasteiger partial charge is 0.265 e. The predicted octanol–water partition coefficient (Wildman–Crippen LogP) is -0.129. The molecule has 0 radical (unpaired) electrons. The lowest BCUT2D eigenvalue weighted by molar-refractivity contribution is -0.122. The fraction of sp³-hybridized carbons (Fsp3) is 0.889. The zero-order valence-corrected chi connectivity index (χ0v) is 8.38. The van der Waals surface area contributed by atoms with Crippen molar-refractivity contribution in [2.24, 2.45) is 0 Å². The van der Waals surface area contributed by atoms with Crippen LogP contribution in [0.1, 0.15) is 19.3 Å². The summed E-state index contributed by atoms with van der Waals surface area (Å²) >= 11 is 0. The number of halogens is 2. The molecule has 1 fully saturated rings. The number of aliphatic hydroxyl groups excluding tert-OH is 1. The third kappa shape index (κ3) is 5.64. The summed E-state index contributed by atoms with van der Waals surface area (Å²) in [7, 11) is 0. The second-order valence-corrected chi connectivity index (χ2v) is 3.68. The van der Waals surface area contributed by atoms with E-state index in [9.17, 15) is 13.6 Å². The Morgan fingerprint density at radius 1 is 1.47 bits per heavy atom. The molecule has 1 atom stereocenters. The molecule has 1 rings (SSSR count). The van der Waals surface area contributed by atoms with Gasteiger partial charge in [-0.25, -0.2) is 8.78 Å². The van der Waals surface area contributed by atoms with Crippen LogP contribution in [0, 0.1) is 0 Å². The van der Waals surface area contributed by atoms with Crippen molar-refractivity contribution in [2.45, 2.75) is 37.8 Å². The maximum Gasteiger partial charge on any atom is 0.265 e. The van der Waals surface area contributed by atoms with Crippen LogP contribution in [-0.4, -0.2) is 42.7 Å². The molecule has 1 saturated carbocycles. The highest BCUT2D eigenvalue weighted by atomic mass is 19.3. The lowest BCUT2D eigenvalue weighted by Gasteiger charge is -2.10. The molecule has 3 N–H and O–H groups in total. The highest BCUT2D eigenvalue weighted by Gasteiger charge is 2.20.